The Hall–Kier alpha value is 4.28. The maximum atomic E-state index is 9.86. The van der Waals surface area contributed by atoms with Crippen molar-refractivity contribution in [1.82, 2.24) is 0 Å². The SMILES string of the molecule is OC(Br)(Br)C(Br)(Br)C(Br)(Br)C(Br)(Br)Br. The first-order chi connectivity index (χ1) is 5.75. The lowest BCUT2D eigenvalue weighted by molar-refractivity contribution is 0.232. The molecule has 0 fully saturated rings. The fourth-order valence-electron chi connectivity index (χ4n) is 0.367. The zero-order valence-electron chi connectivity index (χ0n) is 5.85. The quantitative estimate of drug-likeness (QED) is 0.330. The van der Waals surface area contributed by atoms with Crippen molar-refractivity contribution in [1.29, 1.82) is 0 Å². The molecule has 0 radical (unpaired) electrons. The van der Waals surface area contributed by atoms with Crippen molar-refractivity contribution in [2.75, 3.05) is 0 Å². The van der Waals surface area contributed by atoms with E-state index in [1.54, 1.807) is 0 Å². The predicted molar refractivity (Wildman–Crippen MR) is 93.5 cm³/mol. The highest BCUT2D eigenvalue weighted by Gasteiger charge is 2.64. The summed E-state index contributed by atoms with van der Waals surface area (Å²) in [6.07, 6.45) is 0. The van der Waals surface area contributed by atoms with E-state index in [4.69, 9.17) is 0 Å². The standard InChI is InChI=1S/C4HBr9O/c5-1(6,3(9,10)11)2(7,8)4(12,13)14/h14H. The van der Waals surface area contributed by atoms with Crippen LogP contribution in [0.15, 0.2) is 0 Å². The second-order valence-electron chi connectivity index (χ2n) is 2.19. The Labute approximate surface area is 157 Å². The molecule has 0 atom stereocenters. The van der Waals surface area contributed by atoms with Gasteiger partial charge < -0.3 is 5.11 Å². The molecule has 0 spiro atoms. The van der Waals surface area contributed by atoms with Gasteiger partial charge in [-0.25, -0.2) is 0 Å². The van der Waals surface area contributed by atoms with Gasteiger partial charge in [0, 0.05) is 0 Å². The normalized spacial score (nSPS) is 15.9. The van der Waals surface area contributed by atoms with E-state index < -0.39 is 12.0 Å². The van der Waals surface area contributed by atoms with Crippen LogP contribution in [0.2, 0.25) is 0 Å². The number of alkyl halides is 9. The molecule has 0 bridgehead atoms. The molecular formula is C4HBr9O. The molecule has 0 saturated carbocycles. The maximum Gasteiger partial charge on any atom is 0.202 e. The van der Waals surface area contributed by atoms with E-state index in [-0.39, 0.29) is 0 Å². The molecule has 0 aliphatic rings. The van der Waals surface area contributed by atoms with Crippen LogP contribution < -0.4 is 0 Å². The summed E-state index contributed by atoms with van der Waals surface area (Å²) >= 11 is 29.8. The minimum absolute atomic E-state index is 0.706. The van der Waals surface area contributed by atoms with Crippen LogP contribution in [-0.2, 0) is 0 Å². The summed E-state index contributed by atoms with van der Waals surface area (Å²) in [5, 5.41) is 9.86. The van der Waals surface area contributed by atoms with E-state index >= 15 is 0 Å². The molecule has 0 heterocycles. The molecule has 0 aromatic rings. The average Bonchev–Trinajstić information content (AvgIpc) is 1.81. The highest BCUT2D eigenvalue weighted by molar-refractivity contribution is 9.42. The van der Waals surface area contributed by atoms with Gasteiger partial charge in [0.05, 0.1) is 0 Å². The van der Waals surface area contributed by atoms with Gasteiger partial charge in [0.1, 0.15) is 3.23 Å². The van der Waals surface area contributed by atoms with Crippen LogP contribution in [0.25, 0.3) is 0 Å². The number of halogens is 9. The smallest absolute Gasteiger partial charge is 0.202 e. The van der Waals surface area contributed by atoms with Gasteiger partial charge in [0.2, 0.25) is 3.42 Å². The van der Waals surface area contributed by atoms with Crippen molar-refractivity contribution in [2.24, 2.45) is 0 Å². The average molecular weight is 784 g/mol. The Morgan fingerprint density at radius 3 is 0.929 bits per heavy atom. The van der Waals surface area contributed by atoms with Gasteiger partial charge in [0.15, 0.2) is 5.38 Å². The van der Waals surface area contributed by atoms with E-state index in [0.717, 1.165) is 0 Å². The lowest BCUT2D eigenvalue weighted by atomic mass is 10.3. The van der Waals surface area contributed by atoms with Crippen LogP contribution in [-0.4, -0.2) is 17.1 Å². The molecular weight excluding hydrogens is 783 g/mol. The number of hydrogen-bond acceptors (Lipinski definition) is 1. The van der Waals surface area contributed by atoms with Crippen LogP contribution in [0.5, 0.6) is 0 Å². The van der Waals surface area contributed by atoms with Crippen molar-refractivity contribution < 1.29 is 5.11 Å². The lowest BCUT2D eigenvalue weighted by Crippen LogP contribution is -2.53. The number of rotatable bonds is 2. The van der Waals surface area contributed by atoms with Gasteiger partial charge >= 0.3 is 0 Å². The van der Waals surface area contributed by atoms with Gasteiger partial charge in [-0.3, -0.25) is 0 Å². The molecule has 1 N–H and O–H groups in total. The fourth-order valence-corrected chi connectivity index (χ4v) is 5.68. The van der Waals surface area contributed by atoms with Crippen molar-refractivity contribution in [2.45, 2.75) is 12.0 Å². The van der Waals surface area contributed by atoms with E-state index in [1.165, 1.54) is 0 Å². The third-order valence-electron chi connectivity index (χ3n) is 1.13. The summed E-state index contributed by atoms with van der Waals surface area (Å²) in [5.41, 5.74) is 0. The van der Waals surface area contributed by atoms with Crippen LogP contribution in [0.1, 0.15) is 0 Å². The monoisotopic (exact) mass is 775 g/mol. The maximum absolute atomic E-state index is 9.86. The van der Waals surface area contributed by atoms with E-state index in [2.05, 4.69) is 143 Å². The number of aliphatic hydroxyl groups is 1. The highest BCUT2D eigenvalue weighted by Crippen LogP contribution is 2.67. The molecule has 0 amide bonds. The van der Waals surface area contributed by atoms with Crippen molar-refractivity contribution in [3.8, 4) is 0 Å². The molecule has 1 nitrogen and oxygen atoms in total. The fraction of sp³-hybridized carbons (Fsp3) is 1.00. The zero-order valence-corrected chi connectivity index (χ0v) is 20.1. The molecule has 10 heteroatoms. The third kappa shape index (κ3) is 3.88. The first-order valence-electron chi connectivity index (χ1n) is 2.67. The van der Waals surface area contributed by atoms with Gasteiger partial charge in [-0.05, 0) is 31.9 Å². The van der Waals surface area contributed by atoms with Crippen molar-refractivity contribution in [3.63, 3.8) is 0 Å². The van der Waals surface area contributed by atoms with Crippen LogP contribution in [0, 0.1) is 0 Å². The molecule has 14 heavy (non-hydrogen) atoms. The molecule has 0 unspecified atom stereocenters. The lowest BCUT2D eigenvalue weighted by Gasteiger charge is -2.44. The summed E-state index contributed by atoms with van der Waals surface area (Å²) in [4.78, 5) is 0. The van der Waals surface area contributed by atoms with Gasteiger partial charge in [-0.15, -0.1) is 0 Å². The first kappa shape index (κ1) is 18.3. The third-order valence-corrected chi connectivity index (χ3v) is 16.3. The second-order valence-corrected chi connectivity index (χ2v) is 19.2. The number of hydrogen-bond donors (Lipinski definition) is 1. The summed E-state index contributed by atoms with van der Waals surface area (Å²) in [7, 11) is 0. The molecule has 86 valence electrons. The van der Waals surface area contributed by atoms with E-state index in [9.17, 15) is 5.11 Å². The summed E-state index contributed by atoms with van der Waals surface area (Å²) < 4.78 is -3.89. The van der Waals surface area contributed by atoms with Crippen LogP contribution in [0.3, 0.4) is 0 Å². The van der Waals surface area contributed by atoms with Crippen molar-refractivity contribution in [3.05, 3.63) is 0 Å². The van der Waals surface area contributed by atoms with Gasteiger partial charge in [0.25, 0.3) is 0 Å². The topological polar surface area (TPSA) is 20.2 Å². The minimum atomic E-state index is -1.39. The Balaban J connectivity index is 5.30. The molecule has 0 aliphatic carbocycles. The Morgan fingerprint density at radius 2 is 0.857 bits per heavy atom. The van der Waals surface area contributed by atoms with Crippen molar-refractivity contribution >= 4 is 143 Å². The second kappa shape index (κ2) is 5.73. The summed E-state index contributed by atoms with van der Waals surface area (Å²) in [6, 6.07) is 0. The van der Waals surface area contributed by atoms with Crippen LogP contribution >= 0.6 is 143 Å². The Morgan fingerprint density at radius 1 is 0.571 bits per heavy atom. The van der Waals surface area contributed by atoms with Gasteiger partial charge in [-0.2, -0.15) is 0 Å². The minimum Gasteiger partial charge on any atom is -0.368 e. The molecule has 0 aliphatic heterocycles. The molecule has 0 rings (SSSR count). The van der Waals surface area contributed by atoms with E-state index in [1.807, 2.05) is 0 Å². The Kier molecular flexibility index (Phi) is 7.48. The summed E-state index contributed by atoms with van der Waals surface area (Å²) in [6.45, 7) is 0. The Bertz CT molecular complexity index is 186. The zero-order chi connectivity index (χ0) is 12.0. The molecule has 0 aromatic heterocycles. The van der Waals surface area contributed by atoms with E-state index in [0.29, 0.717) is 0 Å². The summed E-state index contributed by atoms with van der Waals surface area (Å²) in [5.74, 6) is 0. The first-order valence-corrected chi connectivity index (χ1v) is 9.81. The highest BCUT2D eigenvalue weighted by atomic mass is 80.0. The van der Waals surface area contributed by atoms with Gasteiger partial charge in [-0.1, -0.05) is 112 Å². The largest absolute Gasteiger partial charge is 0.368 e. The van der Waals surface area contributed by atoms with Crippen LogP contribution in [0.4, 0.5) is 0 Å². The molecule has 0 saturated heterocycles. The predicted octanol–water partition coefficient (Wildman–Crippen LogP) is 6.23. The molecule has 0 aromatic carbocycles.